The van der Waals surface area contributed by atoms with E-state index in [0.717, 1.165) is 6.07 Å². The number of hydrogen-bond acceptors (Lipinski definition) is 6. The molecule has 1 spiro atoms. The molecule has 0 radical (unpaired) electrons. The maximum absolute atomic E-state index is 14.1. The van der Waals surface area contributed by atoms with Crippen LogP contribution in [-0.4, -0.2) is 24.3 Å². The summed E-state index contributed by atoms with van der Waals surface area (Å²) >= 11 is 0. The summed E-state index contributed by atoms with van der Waals surface area (Å²) in [5, 5.41) is 2.64. The predicted octanol–water partition coefficient (Wildman–Crippen LogP) is 1.79. The van der Waals surface area contributed by atoms with Gasteiger partial charge in [0.15, 0.2) is 5.78 Å². The Labute approximate surface area is 154 Å². The molecule has 4 rings (SSSR count). The highest BCUT2D eigenvalue weighted by Crippen LogP contribution is 2.54. The largest absolute Gasteiger partial charge is 0.462 e. The molecule has 2 heterocycles. The van der Waals surface area contributed by atoms with Gasteiger partial charge in [0, 0.05) is 24.1 Å². The topological polar surface area (TPSA) is 108 Å². The molecule has 1 amide bonds. The minimum Gasteiger partial charge on any atom is -0.462 e. The number of anilines is 1. The van der Waals surface area contributed by atoms with Crippen molar-refractivity contribution in [2.45, 2.75) is 31.6 Å². The quantitative estimate of drug-likeness (QED) is 0.767. The van der Waals surface area contributed by atoms with Crippen molar-refractivity contribution in [1.29, 1.82) is 0 Å². The molecule has 0 fully saturated rings. The van der Waals surface area contributed by atoms with E-state index in [2.05, 4.69) is 5.32 Å². The van der Waals surface area contributed by atoms with Crippen molar-refractivity contribution in [1.82, 2.24) is 0 Å². The number of nitrogens with one attached hydrogen (secondary N) is 1. The van der Waals surface area contributed by atoms with E-state index in [1.807, 2.05) is 0 Å². The van der Waals surface area contributed by atoms with Crippen LogP contribution in [-0.2, 0) is 29.3 Å². The third kappa shape index (κ3) is 2.22. The Morgan fingerprint density at radius 2 is 2.15 bits per heavy atom. The van der Waals surface area contributed by atoms with Crippen molar-refractivity contribution in [2.24, 2.45) is 5.73 Å². The molecule has 7 nitrogen and oxygen atoms in total. The number of allylic oxidation sites excluding steroid dienone is 1. The number of hydrogen-bond donors (Lipinski definition) is 2. The van der Waals surface area contributed by atoms with Gasteiger partial charge in [0.25, 0.3) is 0 Å². The van der Waals surface area contributed by atoms with Gasteiger partial charge < -0.3 is 20.5 Å². The Balaban J connectivity index is 2.08. The Kier molecular flexibility index (Phi) is 3.80. The van der Waals surface area contributed by atoms with E-state index in [4.69, 9.17) is 15.2 Å². The monoisotopic (exact) mass is 372 g/mol. The van der Waals surface area contributed by atoms with Crippen LogP contribution >= 0.6 is 0 Å². The summed E-state index contributed by atoms with van der Waals surface area (Å²) in [6.07, 6.45) is 1.11. The number of ketones is 1. The first-order chi connectivity index (χ1) is 12.9. The first-order valence-corrected chi connectivity index (χ1v) is 8.64. The smallest absolute Gasteiger partial charge is 0.341 e. The average Bonchev–Trinajstić information content (AvgIpc) is 2.87. The van der Waals surface area contributed by atoms with Crippen molar-refractivity contribution in [3.63, 3.8) is 0 Å². The molecule has 0 saturated carbocycles. The number of halogens is 1. The molecular weight excluding hydrogens is 355 g/mol. The molecule has 1 atom stereocenters. The maximum atomic E-state index is 14.1. The lowest BCUT2D eigenvalue weighted by Gasteiger charge is -2.38. The molecule has 3 aliphatic rings. The first kappa shape index (κ1) is 17.3. The van der Waals surface area contributed by atoms with Gasteiger partial charge in [0.1, 0.15) is 22.6 Å². The summed E-state index contributed by atoms with van der Waals surface area (Å²) in [6.45, 7) is 1.63. The lowest BCUT2D eigenvalue weighted by Crippen LogP contribution is -2.49. The molecular formula is C19H17FN2O5. The Hall–Kier alpha value is -3.16. The van der Waals surface area contributed by atoms with E-state index in [9.17, 15) is 18.8 Å². The second-order valence-electron chi connectivity index (χ2n) is 6.53. The predicted molar refractivity (Wildman–Crippen MR) is 91.5 cm³/mol. The number of carbonyl (C=O) groups is 3. The van der Waals surface area contributed by atoms with Gasteiger partial charge in [-0.2, -0.15) is 0 Å². The van der Waals surface area contributed by atoms with Gasteiger partial charge >= 0.3 is 5.97 Å². The number of nitrogens with two attached hydrogens (primary N) is 1. The van der Waals surface area contributed by atoms with E-state index in [-0.39, 0.29) is 47.2 Å². The zero-order chi connectivity index (χ0) is 19.3. The molecule has 27 heavy (non-hydrogen) atoms. The van der Waals surface area contributed by atoms with Crippen molar-refractivity contribution in [3.05, 3.63) is 52.4 Å². The normalized spacial score (nSPS) is 23.8. The summed E-state index contributed by atoms with van der Waals surface area (Å²) in [7, 11) is 0. The van der Waals surface area contributed by atoms with Crippen LogP contribution in [0.2, 0.25) is 0 Å². The number of Topliss-reactive ketones (excluding diaryl/α,β-unsaturated/α-hetero) is 1. The number of esters is 1. The van der Waals surface area contributed by atoms with E-state index in [0.29, 0.717) is 18.5 Å². The van der Waals surface area contributed by atoms with Crippen molar-refractivity contribution >= 4 is 23.3 Å². The number of fused-ring (bicyclic) bond motifs is 3. The van der Waals surface area contributed by atoms with Crippen LogP contribution in [0, 0.1) is 5.82 Å². The highest BCUT2D eigenvalue weighted by Gasteiger charge is 2.61. The van der Waals surface area contributed by atoms with Gasteiger partial charge in [0.05, 0.1) is 12.2 Å². The van der Waals surface area contributed by atoms with E-state index >= 15 is 0 Å². The SMILES string of the molecule is CCOC(=O)C1=C(N)OC2=C(C(=O)CCC2)[C@]12C(=O)Nc1ccc(F)cc12. The maximum Gasteiger partial charge on any atom is 0.341 e. The highest BCUT2D eigenvalue weighted by molar-refractivity contribution is 6.22. The van der Waals surface area contributed by atoms with Gasteiger partial charge in [-0.15, -0.1) is 0 Å². The van der Waals surface area contributed by atoms with Gasteiger partial charge in [-0.05, 0) is 31.5 Å². The summed E-state index contributed by atoms with van der Waals surface area (Å²) in [5.74, 6) is -2.55. The molecule has 3 N–H and O–H groups in total. The fourth-order valence-electron chi connectivity index (χ4n) is 4.06. The van der Waals surface area contributed by atoms with E-state index in [1.54, 1.807) is 6.92 Å². The van der Waals surface area contributed by atoms with Gasteiger partial charge in [-0.25, -0.2) is 9.18 Å². The minimum absolute atomic E-state index is 0.0309. The van der Waals surface area contributed by atoms with Crippen LogP contribution in [0.25, 0.3) is 0 Å². The fraction of sp³-hybridized carbons (Fsp3) is 0.316. The second-order valence-corrected chi connectivity index (χ2v) is 6.53. The molecule has 1 aliphatic carbocycles. The molecule has 2 aliphatic heterocycles. The zero-order valence-corrected chi connectivity index (χ0v) is 14.6. The first-order valence-electron chi connectivity index (χ1n) is 8.64. The van der Waals surface area contributed by atoms with Gasteiger partial charge in [-0.1, -0.05) is 0 Å². The number of amides is 1. The molecule has 1 aromatic carbocycles. The molecule has 0 unspecified atom stereocenters. The molecule has 0 saturated heterocycles. The van der Waals surface area contributed by atoms with E-state index in [1.165, 1.54) is 12.1 Å². The van der Waals surface area contributed by atoms with Crippen LogP contribution in [0.5, 0.6) is 0 Å². The molecule has 140 valence electrons. The van der Waals surface area contributed by atoms with Crippen LogP contribution in [0.3, 0.4) is 0 Å². The summed E-state index contributed by atoms with van der Waals surface area (Å²) in [4.78, 5) is 38.8. The molecule has 1 aromatic rings. The average molecular weight is 372 g/mol. The fourth-order valence-corrected chi connectivity index (χ4v) is 4.06. The number of rotatable bonds is 2. The number of carbonyl (C=O) groups excluding carboxylic acids is 3. The lowest BCUT2D eigenvalue weighted by molar-refractivity contribution is -0.141. The van der Waals surface area contributed by atoms with Gasteiger partial charge in [0.2, 0.25) is 11.8 Å². The zero-order valence-electron chi connectivity index (χ0n) is 14.6. The highest BCUT2D eigenvalue weighted by atomic mass is 19.1. The van der Waals surface area contributed by atoms with Crippen molar-refractivity contribution in [3.8, 4) is 0 Å². The molecule has 0 aromatic heterocycles. The summed E-state index contributed by atoms with van der Waals surface area (Å²) < 4.78 is 24.7. The Morgan fingerprint density at radius 1 is 1.37 bits per heavy atom. The van der Waals surface area contributed by atoms with Crippen LogP contribution < -0.4 is 11.1 Å². The third-order valence-corrected chi connectivity index (χ3v) is 5.05. The molecule has 0 bridgehead atoms. The lowest BCUT2D eigenvalue weighted by atomic mass is 9.64. The van der Waals surface area contributed by atoms with Crippen LogP contribution in [0.15, 0.2) is 41.0 Å². The van der Waals surface area contributed by atoms with E-state index < -0.39 is 23.1 Å². The van der Waals surface area contributed by atoms with Crippen molar-refractivity contribution in [2.75, 3.05) is 11.9 Å². The summed E-state index contributed by atoms with van der Waals surface area (Å²) in [5.41, 5.74) is 4.34. The van der Waals surface area contributed by atoms with Gasteiger partial charge in [-0.3, -0.25) is 9.59 Å². The summed E-state index contributed by atoms with van der Waals surface area (Å²) in [6, 6.07) is 3.71. The standard InChI is InChI=1S/C19H17FN2O5/c1-2-26-17(24)15-16(21)27-13-5-3-4-12(23)14(13)19(15)10-8-9(20)6-7-11(10)22-18(19)25/h6-8H,2-5,21H2,1H3,(H,22,25)/t19-/m0/s1. The van der Waals surface area contributed by atoms with Crippen molar-refractivity contribution < 1.29 is 28.2 Å². The van der Waals surface area contributed by atoms with Crippen LogP contribution in [0.4, 0.5) is 10.1 Å². The second kappa shape index (κ2) is 5.94. The number of benzene rings is 1. The molecule has 8 heteroatoms. The Bertz CT molecular complexity index is 965. The number of ether oxygens (including phenoxy) is 2. The third-order valence-electron chi connectivity index (χ3n) is 5.05. The Morgan fingerprint density at radius 3 is 2.89 bits per heavy atom. The van der Waals surface area contributed by atoms with Crippen LogP contribution in [0.1, 0.15) is 31.7 Å². The minimum atomic E-state index is -1.88.